The Morgan fingerprint density at radius 2 is 1.81 bits per heavy atom. The Kier molecular flexibility index (Phi) is 5.07. The van der Waals surface area contributed by atoms with Crippen LogP contribution in [0.25, 0.3) is 5.69 Å². The van der Waals surface area contributed by atoms with Gasteiger partial charge in [0.1, 0.15) is 0 Å². The molecule has 2 aromatic carbocycles. The SMILES string of the molecule is Cc1[nH]n(-c2ccc(C(=O)O)cc2)c(=O)c1C=Nc1ccccc1C(C)C. The van der Waals surface area contributed by atoms with Crippen molar-refractivity contribution in [2.75, 3.05) is 0 Å². The first-order valence-electron chi connectivity index (χ1n) is 8.67. The van der Waals surface area contributed by atoms with Crippen LogP contribution in [0.5, 0.6) is 0 Å². The summed E-state index contributed by atoms with van der Waals surface area (Å²) in [4.78, 5) is 28.3. The molecule has 0 radical (unpaired) electrons. The molecule has 0 spiro atoms. The summed E-state index contributed by atoms with van der Waals surface area (Å²) in [5.74, 6) is -0.678. The average molecular weight is 363 g/mol. The van der Waals surface area contributed by atoms with Crippen LogP contribution in [0.1, 0.15) is 46.9 Å². The van der Waals surface area contributed by atoms with Crippen molar-refractivity contribution >= 4 is 17.9 Å². The molecule has 0 saturated carbocycles. The highest BCUT2D eigenvalue weighted by Crippen LogP contribution is 2.26. The smallest absolute Gasteiger partial charge is 0.335 e. The van der Waals surface area contributed by atoms with Gasteiger partial charge < -0.3 is 5.11 Å². The highest BCUT2D eigenvalue weighted by Gasteiger charge is 2.12. The summed E-state index contributed by atoms with van der Waals surface area (Å²) < 4.78 is 1.39. The van der Waals surface area contributed by atoms with Crippen LogP contribution >= 0.6 is 0 Å². The molecule has 0 saturated heterocycles. The minimum absolute atomic E-state index is 0.169. The van der Waals surface area contributed by atoms with E-state index in [2.05, 4.69) is 23.9 Å². The van der Waals surface area contributed by atoms with E-state index in [4.69, 9.17) is 5.11 Å². The molecule has 0 aliphatic heterocycles. The van der Waals surface area contributed by atoms with Crippen molar-refractivity contribution in [3.05, 3.63) is 81.3 Å². The van der Waals surface area contributed by atoms with Gasteiger partial charge in [-0.2, -0.15) is 0 Å². The summed E-state index contributed by atoms with van der Waals surface area (Å²) in [6.07, 6.45) is 1.58. The van der Waals surface area contributed by atoms with Crippen LogP contribution in [0.3, 0.4) is 0 Å². The lowest BCUT2D eigenvalue weighted by atomic mass is 10.0. The normalized spacial score (nSPS) is 11.4. The maximum atomic E-state index is 12.8. The summed E-state index contributed by atoms with van der Waals surface area (Å²) >= 11 is 0. The maximum Gasteiger partial charge on any atom is 0.335 e. The Morgan fingerprint density at radius 3 is 2.44 bits per heavy atom. The molecule has 0 aliphatic carbocycles. The number of aromatic amines is 1. The molecular formula is C21H21N3O3. The molecule has 0 unspecified atom stereocenters. The van der Waals surface area contributed by atoms with Crippen molar-refractivity contribution in [2.24, 2.45) is 4.99 Å². The fourth-order valence-electron chi connectivity index (χ4n) is 2.87. The minimum Gasteiger partial charge on any atom is -0.478 e. The Bertz CT molecular complexity index is 1060. The van der Waals surface area contributed by atoms with Crippen LogP contribution in [0, 0.1) is 6.92 Å². The molecule has 1 aromatic heterocycles. The molecule has 0 fully saturated rings. The molecule has 27 heavy (non-hydrogen) atoms. The number of carboxylic acids is 1. The van der Waals surface area contributed by atoms with Gasteiger partial charge in [0.25, 0.3) is 5.56 Å². The minimum atomic E-state index is -1.01. The zero-order chi connectivity index (χ0) is 19.6. The molecule has 138 valence electrons. The molecule has 6 heteroatoms. The molecule has 0 atom stereocenters. The van der Waals surface area contributed by atoms with Crippen molar-refractivity contribution in [3.8, 4) is 5.69 Å². The average Bonchev–Trinajstić information content (AvgIpc) is 2.94. The number of rotatable bonds is 5. The number of hydrogen-bond donors (Lipinski definition) is 2. The van der Waals surface area contributed by atoms with Gasteiger partial charge in [0, 0.05) is 11.9 Å². The molecule has 0 aliphatic rings. The van der Waals surface area contributed by atoms with Crippen molar-refractivity contribution in [1.82, 2.24) is 9.78 Å². The number of carbonyl (C=O) groups is 1. The number of benzene rings is 2. The quantitative estimate of drug-likeness (QED) is 0.671. The lowest BCUT2D eigenvalue weighted by Crippen LogP contribution is -2.17. The lowest BCUT2D eigenvalue weighted by Gasteiger charge is -2.08. The summed E-state index contributed by atoms with van der Waals surface area (Å²) in [5.41, 5.74) is 3.61. The van der Waals surface area contributed by atoms with Crippen molar-refractivity contribution < 1.29 is 9.90 Å². The number of aryl methyl sites for hydroxylation is 1. The van der Waals surface area contributed by atoms with Crippen molar-refractivity contribution in [3.63, 3.8) is 0 Å². The number of carboxylic acid groups (broad SMARTS) is 1. The molecule has 0 bridgehead atoms. The van der Waals surface area contributed by atoms with E-state index in [0.717, 1.165) is 11.3 Å². The second kappa shape index (κ2) is 7.45. The van der Waals surface area contributed by atoms with E-state index < -0.39 is 5.97 Å². The largest absolute Gasteiger partial charge is 0.478 e. The Morgan fingerprint density at radius 1 is 1.15 bits per heavy atom. The second-order valence-corrected chi connectivity index (χ2v) is 6.61. The van der Waals surface area contributed by atoms with Gasteiger partial charge in [0.15, 0.2) is 0 Å². The summed E-state index contributed by atoms with van der Waals surface area (Å²) in [7, 11) is 0. The Labute approximate surface area is 156 Å². The number of para-hydroxylation sites is 1. The van der Waals surface area contributed by atoms with Crippen LogP contribution in [-0.4, -0.2) is 27.1 Å². The monoisotopic (exact) mass is 363 g/mol. The van der Waals surface area contributed by atoms with E-state index in [9.17, 15) is 9.59 Å². The summed E-state index contributed by atoms with van der Waals surface area (Å²) in [6.45, 7) is 6.01. The standard InChI is InChI=1S/C21H21N3O3/c1-13(2)17-6-4-5-7-19(17)22-12-18-14(3)23-24(20(18)25)16-10-8-15(9-11-16)21(26)27/h4-13,23H,1-3H3,(H,26,27). The predicted octanol–water partition coefficient (Wildman–Crippen LogP) is 4.05. The van der Waals surface area contributed by atoms with Crippen molar-refractivity contribution in [1.29, 1.82) is 0 Å². The van der Waals surface area contributed by atoms with E-state index in [1.807, 2.05) is 24.3 Å². The first kappa shape index (κ1) is 18.4. The number of nitrogens with one attached hydrogen (secondary N) is 1. The van der Waals surface area contributed by atoms with Gasteiger partial charge in [0.05, 0.1) is 22.5 Å². The van der Waals surface area contributed by atoms with Crippen molar-refractivity contribution in [2.45, 2.75) is 26.7 Å². The highest BCUT2D eigenvalue weighted by molar-refractivity contribution is 5.87. The number of aromatic carboxylic acids is 1. The topological polar surface area (TPSA) is 87.5 Å². The number of aromatic nitrogens is 2. The van der Waals surface area contributed by atoms with Crippen LogP contribution < -0.4 is 5.56 Å². The Balaban J connectivity index is 1.97. The van der Waals surface area contributed by atoms with Crippen LogP contribution in [0.15, 0.2) is 58.3 Å². The fraction of sp³-hybridized carbons (Fsp3) is 0.190. The summed E-state index contributed by atoms with van der Waals surface area (Å²) in [5, 5.41) is 12.0. The molecule has 1 heterocycles. The van der Waals surface area contributed by atoms with E-state index in [1.165, 1.54) is 16.8 Å². The third-order valence-electron chi connectivity index (χ3n) is 4.38. The fourth-order valence-corrected chi connectivity index (χ4v) is 2.87. The highest BCUT2D eigenvalue weighted by atomic mass is 16.4. The van der Waals surface area contributed by atoms with Crippen LogP contribution in [0.4, 0.5) is 5.69 Å². The third-order valence-corrected chi connectivity index (χ3v) is 4.38. The third kappa shape index (κ3) is 3.74. The van der Waals surface area contributed by atoms with E-state index in [-0.39, 0.29) is 11.1 Å². The number of H-pyrrole nitrogens is 1. The molecule has 6 nitrogen and oxygen atoms in total. The molecule has 2 N–H and O–H groups in total. The van der Waals surface area contributed by atoms with Gasteiger partial charge >= 0.3 is 5.97 Å². The lowest BCUT2D eigenvalue weighted by molar-refractivity contribution is 0.0697. The zero-order valence-electron chi connectivity index (χ0n) is 15.4. The molecule has 0 amide bonds. The first-order chi connectivity index (χ1) is 12.9. The second-order valence-electron chi connectivity index (χ2n) is 6.61. The maximum absolute atomic E-state index is 12.8. The van der Waals surface area contributed by atoms with Gasteiger partial charge in [-0.05, 0) is 48.7 Å². The number of aliphatic imine (C=N–C) groups is 1. The summed E-state index contributed by atoms with van der Waals surface area (Å²) in [6, 6.07) is 14.0. The van der Waals surface area contributed by atoms with Gasteiger partial charge in [-0.1, -0.05) is 32.0 Å². The number of nitrogens with zero attached hydrogens (tertiary/aromatic N) is 2. The molecule has 3 rings (SSSR count). The number of hydrogen-bond acceptors (Lipinski definition) is 3. The van der Waals surface area contributed by atoms with Gasteiger partial charge in [-0.15, -0.1) is 0 Å². The van der Waals surface area contributed by atoms with Crippen LogP contribution in [0.2, 0.25) is 0 Å². The Hall–Kier alpha value is -3.41. The van der Waals surface area contributed by atoms with E-state index >= 15 is 0 Å². The van der Waals surface area contributed by atoms with Crippen LogP contribution in [-0.2, 0) is 0 Å². The first-order valence-corrected chi connectivity index (χ1v) is 8.67. The molecule has 3 aromatic rings. The van der Waals surface area contributed by atoms with Gasteiger partial charge in [-0.25, -0.2) is 9.48 Å². The predicted molar refractivity (Wildman–Crippen MR) is 106 cm³/mol. The van der Waals surface area contributed by atoms with Gasteiger partial charge in [0.2, 0.25) is 0 Å². The zero-order valence-corrected chi connectivity index (χ0v) is 15.4. The van der Waals surface area contributed by atoms with E-state index in [0.29, 0.717) is 22.9 Å². The van der Waals surface area contributed by atoms with Gasteiger partial charge in [-0.3, -0.25) is 14.9 Å². The molecular weight excluding hydrogens is 342 g/mol. The van der Waals surface area contributed by atoms with E-state index in [1.54, 1.807) is 25.3 Å².